The fourth-order valence-corrected chi connectivity index (χ4v) is 2.91. The highest BCUT2D eigenvalue weighted by Gasteiger charge is 2.13. The molecule has 1 radical (unpaired) electrons. The van der Waals surface area contributed by atoms with Gasteiger partial charge in [-0.1, -0.05) is 30.3 Å². The van der Waals surface area contributed by atoms with Gasteiger partial charge in [-0.3, -0.25) is 0 Å². The van der Waals surface area contributed by atoms with Crippen molar-refractivity contribution in [1.29, 1.82) is 0 Å². The van der Waals surface area contributed by atoms with Crippen molar-refractivity contribution in [3.63, 3.8) is 0 Å². The molecule has 0 heterocycles. The van der Waals surface area contributed by atoms with Gasteiger partial charge in [-0.05, 0) is 36.8 Å². The first-order chi connectivity index (χ1) is 9.18. The summed E-state index contributed by atoms with van der Waals surface area (Å²) in [5, 5.41) is 0. The van der Waals surface area contributed by atoms with Crippen molar-refractivity contribution in [2.45, 2.75) is 11.3 Å². The molecule has 0 aromatic heterocycles. The molecule has 0 atom stereocenters. The third-order valence-electron chi connectivity index (χ3n) is 2.61. The van der Waals surface area contributed by atoms with Crippen LogP contribution in [-0.4, -0.2) is 20.8 Å². The number of hydrogen-bond acceptors (Lipinski definition) is 3. The third-order valence-corrected chi connectivity index (χ3v) is 4.41. The van der Waals surface area contributed by atoms with Gasteiger partial charge in [-0.15, -0.1) is 0 Å². The number of benzene rings is 2. The summed E-state index contributed by atoms with van der Waals surface area (Å²) in [6.45, 7) is 0.389. The largest absolute Gasteiger partial charge is 0.494 e. The van der Waals surface area contributed by atoms with Gasteiger partial charge in [0.1, 0.15) is 5.75 Å². The lowest BCUT2D eigenvalue weighted by atomic mass is 10.3. The lowest BCUT2D eigenvalue weighted by Crippen LogP contribution is -2.10. The minimum atomic E-state index is -3.23. The maximum atomic E-state index is 12.0. The van der Waals surface area contributed by atoms with E-state index < -0.39 is 9.84 Å². The van der Waals surface area contributed by atoms with Crippen LogP contribution in [0.2, 0.25) is 0 Å². The zero-order valence-corrected chi connectivity index (χ0v) is 11.3. The summed E-state index contributed by atoms with van der Waals surface area (Å²) in [6.07, 6.45) is 0.464. The number of para-hydroxylation sites is 1. The first kappa shape index (κ1) is 13.6. The average molecular weight is 275 g/mol. The predicted molar refractivity (Wildman–Crippen MR) is 73.9 cm³/mol. The van der Waals surface area contributed by atoms with E-state index in [1.807, 2.05) is 30.3 Å². The Kier molecular flexibility index (Phi) is 4.58. The zero-order chi connectivity index (χ0) is 13.6. The molecule has 0 aliphatic heterocycles. The molecule has 0 aliphatic rings. The monoisotopic (exact) mass is 275 g/mol. The highest BCUT2D eigenvalue weighted by Crippen LogP contribution is 2.12. The second kappa shape index (κ2) is 6.38. The zero-order valence-electron chi connectivity index (χ0n) is 10.5. The summed E-state index contributed by atoms with van der Waals surface area (Å²) >= 11 is 0. The molecule has 0 spiro atoms. The van der Waals surface area contributed by atoms with E-state index in [4.69, 9.17) is 4.74 Å². The summed E-state index contributed by atoms with van der Waals surface area (Å²) in [4.78, 5) is 0.315. The molecule has 0 aliphatic carbocycles. The van der Waals surface area contributed by atoms with E-state index in [2.05, 4.69) is 6.07 Å². The van der Waals surface area contributed by atoms with E-state index >= 15 is 0 Å². The van der Waals surface area contributed by atoms with Crippen LogP contribution in [0.25, 0.3) is 0 Å². The van der Waals surface area contributed by atoms with Gasteiger partial charge in [0, 0.05) is 0 Å². The first-order valence-electron chi connectivity index (χ1n) is 6.05. The minimum absolute atomic E-state index is 0.0810. The SMILES string of the molecule is O=S(=O)(CCCOc1ccccc1)c1c[c]ccc1. The highest BCUT2D eigenvalue weighted by atomic mass is 32.2. The van der Waals surface area contributed by atoms with Crippen molar-refractivity contribution in [2.24, 2.45) is 0 Å². The molecular weight excluding hydrogens is 260 g/mol. The molecule has 0 fully saturated rings. The Bertz CT molecular complexity index is 592. The molecule has 0 unspecified atom stereocenters. The lowest BCUT2D eigenvalue weighted by Gasteiger charge is -2.06. The van der Waals surface area contributed by atoms with Crippen LogP contribution < -0.4 is 4.74 Å². The Balaban J connectivity index is 1.83. The van der Waals surface area contributed by atoms with Crippen LogP contribution in [0, 0.1) is 6.07 Å². The van der Waals surface area contributed by atoms with E-state index in [9.17, 15) is 8.42 Å². The Morgan fingerprint density at radius 2 is 1.84 bits per heavy atom. The molecule has 2 aromatic rings. The van der Waals surface area contributed by atoms with Gasteiger partial charge in [0.2, 0.25) is 0 Å². The molecule has 99 valence electrons. The van der Waals surface area contributed by atoms with Gasteiger partial charge in [-0.25, -0.2) is 8.42 Å². The number of rotatable bonds is 6. The van der Waals surface area contributed by atoms with Gasteiger partial charge in [0.05, 0.1) is 17.3 Å². The Morgan fingerprint density at radius 3 is 2.53 bits per heavy atom. The van der Waals surface area contributed by atoms with Crippen LogP contribution in [0.5, 0.6) is 5.75 Å². The van der Waals surface area contributed by atoms with E-state index in [1.165, 1.54) is 6.07 Å². The second-order valence-electron chi connectivity index (χ2n) is 4.07. The molecular formula is C15H15O3S. The summed E-state index contributed by atoms with van der Waals surface area (Å²) in [5.41, 5.74) is 0. The molecule has 0 bridgehead atoms. The highest BCUT2D eigenvalue weighted by molar-refractivity contribution is 7.91. The topological polar surface area (TPSA) is 43.4 Å². The van der Waals surface area contributed by atoms with E-state index in [0.29, 0.717) is 17.9 Å². The molecule has 4 heteroatoms. The second-order valence-corrected chi connectivity index (χ2v) is 6.18. The average Bonchev–Trinajstić information content (AvgIpc) is 2.46. The Morgan fingerprint density at radius 1 is 1.05 bits per heavy atom. The standard InChI is InChI=1S/C15H15O3S/c16-19(17,15-10-5-2-6-11-15)13-7-12-18-14-8-3-1-4-9-14/h1-5,8-11H,7,12-13H2. The van der Waals surface area contributed by atoms with E-state index in [-0.39, 0.29) is 5.75 Å². The smallest absolute Gasteiger partial charge is 0.178 e. The van der Waals surface area contributed by atoms with Gasteiger partial charge >= 0.3 is 0 Å². The maximum Gasteiger partial charge on any atom is 0.178 e. The molecule has 3 nitrogen and oxygen atoms in total. The number of ether oxygens (including phenoxy) is 1. The van der Waals surface area contributed by atoms with Crippen molar-refractivity contribution in [1.82, 2.24) is 0 Å². The third kappa shape index (κ3) is 4.10. The molecule has 19 heavy (non-hydrogen) atoms. The van der Waals surface area contributed by atoms with Crippen LogP contribution in [-0.2, 0) is 9.84 Å². The summed E-state index contributed by atoms with van der Waals surface area (Å²) in [7, 11) is -3.23. The summed E-state index contributed by atoms with van der Waals surface area (Å²) < 4.78 is 29.4. The van der Waals surface area contributed by atoms with Gasteiger partial charge < -0.3 is 4.74 Å². The van der Waals surface area contributed by atoms with Crippen LogP contribution >= 0.6 is 0 Å². The van der Waals surface area contributed by atoms with Crippen LogP contribution in [0.3, 0.4) is 0 Å². The molecule has 0 saturated carbocycles. The van der Waals surface area contributed by atoms with Gasteiger partial charge in [0.25, 0.3) is 0 Å². The fraction of sp³-hybridized carbons (Fsp3) is 0.200. The first-order valence-corrected chi connectivity index (χ1v) is 7.70. The number of hydrogen-bond donors (Lipinski definition) is 0. The molecule has 0 saturated heterocycles. The summed E-state index contributed by atoms with van der Waals surface area (Å²) in [6, 6.07) is 18.6. The summed E-state index contributed by atoms with van der Waals surface area (Å²) in [5.74, 6) is 0.838. The molecule has 0 amide bonds. The molecule has 2 aromatic carbocycles. The van der Waals surface area contributed by atoms with E-state index in [1.54, 1.807) is 18.2 Å². The van der Waals surface area contributed by atoms with Crippen molar-refractivity contribution in [3.8, 4) is 5.75 Å². The van der Waals surface area contributed by atoms with Crippen molar-refractivity contribution in [2.75, 3.05) is 12.4 Å². The number of sulfone groups is 1. The van der Waals surface area contributed by atoms with Crippen molar-refractivity contribution >= 4 is 9.84 Å². The van der Waals surface area contributed by atoms with Gasteiger partial charge in [0.15, 0.2) is 9.84 Å². The Labute approximate surface area is 113 Å². The quantitative estimate of drug-likeness (QED) is 0.761. The normalized spacial score (nSPS) is 11.2. The van der Waals surface area contributed by atoms with Gasteiger partial charge in [-0.2, -0.15) is 0 Å². The molecule has 0 N–H and O–H groups in total. The minimum Gasteiger partial charge on any atom is -0.494 e. The fourth-order valence-electron chi connectivity index (χ4n) is 1.64. The van der Waals surface area contributed by atoms with Crippen molar-refractivity contribution in [3.05, 3.63) is 60.7 Å². The van der Waals surface area contributed by atoms with Crippen LogP contribution in [0.4, 0.5) is 0 Å². The molecule has 2 rings (SSSR count). The predicted octanol–water partition coefficient (Wildman–Crippen LogP) is 2.73. The lowest BCUT2D eigenvalue weighted by molar-refractivity contribution is 0.317. The van der Waals surface area contributed by atoms with E-state index in [0.717, 1.165) is 5.75 Å². The van der Waals surface area contributed by atoms with Crippen molar-refractivity contribution < 1.29 is 13.2 Å². The maximum absolute atomic E-state index is 12.0. The van der Waals surface area contributed by atoms with Crippen LogP contribution in [0.15, 0.2) is 59.5 Å². The van der Waals surface area contributed by atoms with Crippen LogP contribution in [0.1, 0.15) is 6.42 Å². The Hall–Kier alpha value is -1.81.